The predicted octanol–water partition coefficient (Wildman–Crippen LogP) is 4.87. The highest BCUT2D eigenvalue weighted by molar-refractivity contribution is 7.99. The number of anilines is 1. The third kappa shape index (κ3) is 3.06. The van der Waals surface area contributed by atoms with Gasteiger partial charge in [0.1, 0.15) is 5.82 Å². The predicted molar refractivity (Wildman–Crippen MR) is 71.4 cm³/mol. The van der Waals surface area contributed by atoms with Gasteiger partial charge in [0.05, 0.1) is 10.0 Å². The van der Waals surface area contributed by atoms with E-state index in [4.69, 9.17) is 28.9 Å². The SMILES string of the molecule is Nc1ccc(Sc2ccc(Cl)c(Cl)c2)c(F)c1. The molecule has 0 bridgehead atoms. The largest absolute Gasteiger partial charge is 0.399 e. The summed E-state index contributed by atoms with van der Waals surface area (Å²) < 4.78 is 13.6. The Labute approximate surface area is 113 Å². The van der Waals surface area contributed by atoms with Gasteiger partial charge in [-0.05, 0) is 36.4 Å². The van der Waals surface area contributed by atoms with E-state index in [1.807, 2.05) is 0 Å². The third-order valence-corrected chi connectivity index (χ3v) is 3.85. The number of hydrogen-bond donors (Lipinski definition) is 1. The second kappa shape index (κ2) is 5.17. The summed E-state index contributed by atoms with van der Waals surface area (Å²) in [5.41, 5.74) is 5.88. The van der Waals surface area contributed by atoms with Crippen LogP contribution in [0.3, 0.4) is 0 Å². The van der Waals surface area contributed by atoms with Crippen LogP contribution in [-0.4, -0.2) is 0 Å². The van der Waals surface area contributed by atoms with Crippen LogP contribution in [0.25, 0.3) is 0 Å². The van der Waals surface area contributed by atoms with E-state index in [1.54, 1.807) is 30.3 Å². The Kier molecular flexibility index (Phi) is 3.82. The van der Waals surface area contributed by atoms with E-state index in [0.29, 0.717) is 20.6 Å². The molecule has 0 saturated carbocycles. The van der Waals surface area contributed by atoms with Gasteiger partial charge in [-0.15, -0.1) is 0 Å². The Balaban J connectivity index is 2.28. The van der Waals surface area contributed by atoms with E-state index in [2.05, 4.69) is 0 Å². The van der Waals surface area contributed by atoms with Crippen molar-refractivity contribution in [2.45, 2.75) is 9.79 Å². The zero-order valence-corrected chi connectivity index (χ0v) is 10.9. The third-order valence-electron chi connectivity index (χ3n) is 2.07. The lowest BCUT2D eigenvalue weighted by atomic mass is 10.3. The summed E-state index contributed by atoms with van der Waals surface area (Å²) >= 11 is 13.0. The Hall–Kier alpha value is -0.900. The summed E-state index contributed by atoms with van der Waals surface area (Å²) in [4.78, 5) is 1.32. The summed E-state index contributed by atoms with van der Waals surface area (Å²) in [7, 11) is 0. The van der Waals surface area contributed by atoms with Gasteiger partial charge < -0.3 is 5.73 Å². The van der Waals surface area contributed by atoms with E-state index < -0.39 is 0 Å². The molecule has 0 aliphatic rings. The number of nitrogen functional groups attached to an aromatic ring is 1. The molecule has 0 heterocycles. The maximum absolute atomic E-state index is 13.6. The van der Waals surface area contributed by atoms with Crippen molar-refractivity contribution < 1.29 is 4.39 Å². The van der Waals surface area contributed by atoms with E-state index in [-0.39, 0.29) is 5.82 Å². The number of hydrogen-bond acceptors (Lipinski definition) is 2. The lowest BCUT2D eigenvalue weighted by Gasteiger charge is -2.05. The fraction of sp³-hybridized carbons (Fsp3) is 0. The van der Waals surface area contributed by atoms with Crippen LogP contribution < -0.4 is 5.73 Å². The van der Waals surface area contributed by atoms with Crippen LogP contribution in [0.2, 0.25) is 10.0 Å². The number of benzene rings is 2. The van der Waals surface area contributed by atoms with Crippen LogP contribution in [0.4, 0.5) is 10.1 Å². The van der Waals surface area contributed by atoms with Crippen molar-refractivity contribution in [3.05, 3.63) is 52.3 Å². The fourth-order valence-electron chi connectivity index (χ4n) is 1.27. The first kappa shape index (κ1) is 12.6. The molecule has 17 heavy (non-hydrogen) atoms. The van der Waals surface area contributed by atoms with Crippen molar-refractivity contribution in [1.29, 1.82) is 0 Å². The van der Waals surface area contributed by atoms with Crippen LogP contribution in [0.1, 0.15) is 0 Å². The van der Waals surface area contributed by atoms with E-state index >= 15 is 0 Å². The molecule has 0 atom stereocenters. The molecule has 0 saturated heterocycles. The van der Waals surface area contributed by atoms with Crippen molar-refractivity contribution >= 4 is 40.7 Å². The van der Waals surface area contributed by atoms with Crippen LogP contribution in [0.5, 0.6) is 0 Å². The average molecular weight is 288 g/mol. The zero-order chi connectivity index (χ0) is 12.4. The molecule has 88 valence electrons. The molecule has 2 aromatic rings. The molecule has 0 unspecified atom stereocenters. The monoisotopic (exact) mass is 287 g/mol. The number of nitrogens with two attached hydrogens (primary N) is 1. The topological polar surface area (TPSA) is 26.0 Å². The smallest absolute Gasteiger partial charge is 0.139 e. The molecule has 0 amide bonds. The maximum Gasteiger partial charge on any atom is 0.139 e. The van der Waals surface area contributed by atoms with E-state index in [9.17, 15) is 4.39 Å². The highest BCUT2D eigenvalue weighted by Crippen LogP contribution is 2.34. The fourth-order valence-corrected chi connectivity index (χ4v) is 2.49. The molecular formula is C12H8Cl2FNS. The minimum atomic E-state index is -0.346. The second-order valence-electron chi connectivity index (χ2n) is 3.37. The van der Waals surface area contributed by atoms with Crippen molar-refractivity contribution in [3.8, 4) is 0 Å². The van der Waals surface area contributed by atoms with Gasteiger partial charge in [-0.25, -0.2) is 4.39 Å². The lowest BCUT2D eigenvalue weighted by Crippen LogP contribution is -1.87. The molecule has 2 rings (SSSR count). The van der Waals surface area contributed by atoms with E-state index in [1.165, 1.54) is 17.8 Å². The van der Waals surface area contributed by atoms with Crippen LogP contribution in [0, 0.1) is 5.82 Å². The van der Waals surface area contributed by atoms with E-state index in [0.717, 1.165) is 4.90 Å². The molecular weight excluding hydrogens is 280 g/mol. The molecule has 2 aromatic carbocycles. The van der Waals surface area contributed by atoms with Gasteiger partial charge >= 0.3 is 0 Å². The van der Waals surface area contributed by atoms with Crippen molar-refractivity contribution in [1.82, 2.24) is 0 Å². The van der Waals surface area contributed by atoms with Crippen molar-refractivity contribution in [3.63, 3.8) is 0 Å². The molecule has 0 aliphatic heterocycles. The van der Waals surface area contributed by atoms with Crippen LogP contribution >= 0.6 is 35.0 Å². The van der Waals surface area contributed by atoms with Gasteiger partial charge in [0.25, 0.3) is 0 Å². The van der Waals surface area contributed by atoms with Gasteiger partial charge in [-0.2, -0.15) is 0 Å². The van der Waals surface area contributed by atoms with Crippen LogP contribution in [0.15, 0.2) is 46.2 Å². The van der Waals surface area contributed by atoms with Gasteiger partial charge in [0.15, 0.2) is 0 Å². The molecule has 0 radical (unpaired) electrons. The molecule has 0 fully saturated rings. The second-order valence-corrected chi connectivity index (χ2v) is 5.30. The summed E-state index contributed by atoms with van der Waals surface area (Å²) in [6.07, 6.45) is 0. The van der Waals surface area contributed by atoms with Crippen LogP contribution in [-0.2, 0) is 0 Å². The molecule has 2 N–H and O–H groups in total. The zero-order valence-electron chi connectivity index (χ0n) is 8.58. The van der Waals surface area contributed by atoms with Gasteiger partial charge in [0, 0.05) is 15.5 Å². The average Bonchev–Trinajstić information content (AvgIpc) is 2.27. The highest BCUT2D eigenvalue weighted by Gasteiger charge is 2.06. The first-order valence-corrected chi connectivity index (χ1v) is 6.31. The maximum atomic E-state index is 13.6. The van der Waals surface area contributed by atoms with Crippen molar-refractivity contribution in [2.24, 2.45) is 0 Å². The minimum Gasteiger partial charge on any atom is -0.399 e. The lowest BCUT2D eigenvalue weighted by molar-refractivity contribution is 0.603. The molecule has 0 aromatic heterocycles. The highest BCUT2D eigenvalue weighted by atomic mass is 35.5. The minimum absolute atomic E-state index is 0.346. The summed E-state index contributed by atoms with van der Waals surface area (Å²) in [6.45, 7) is 0. The van der Waals surface area contributed by atoms with Gasteiger partial charge in [0.2, 0.25) is 0 Å². The molecule has 0 aliphatic carbocycles. The Bertz CT molecular complexity index is 560. The number of halogens is 3. The molecule has 0 spiro atoms. The normalized spacial score (nSPS) is 10.5. The number of rotatable bonds is 2. The standard InChI is InChI=1S/C12H8Cl2FNS/c13-9-3-2-8(6-10(9)14)17-12-4-1-7(16)5-11(12)15/h1-6H,16H2. The summed E-state index contributed by atoms with van der Waals surface area (Å²) in [5, 5.41) is 0.932. The Morgan fingerprint density at radius 2 is 1.76 bits per heavy atom. The quantitative estimate of drug-likeness (QED) is 0.798. The first-order chi connectivity index (χ1) is 8.06. The first-order valence-electron chi connectivity index (χ1n) is 4.74. The van der Waals surface area contributed by atoms with Gasteiger partial charge in [-0.3, -0.25) is 0 Å². The van der Waals surface area contributed by atoms with Gasteiger partial charge in [-0.1, -0.05) is 35.0 Å². The van der Waals surface area contributed by atoms with Crippen molar-refractivity contribution in [2.75, 3.05) is 5.73 Å². The molecule has 1 nitrogen and oxygen atoms in total. The molecule has 5 heteroatoms. The Morgan fingerprint density at radius 3 is 2.41 bits per heavy atom. The summed E-state index contributed by atoms with van der Waals surface area (Å²) in [5.74, 6) is -0.346. The summed E-state index contributed by atoms with van der Waals surface area (Å²) in [6, 6.07) is 9.75. The Morgan fingerprint density at radius 1 is 1.00 bits per heavy atom.